The van der Waals surface area contributed by atoms with Crippen molar-refractivity contribution in [2.75, 3.05) is 7.11 Å². The molecule has 0 aliphatic heterocycles. The second kappa shape index (κ2) is 10.1. The number of hydrogen-bond donors (Lipinski definition) is 0. The molecule has 0 bridgehead atoms. The first-order valence-corrected chi connectivity index (χ1v) is 10.4. The second-order valence-electron chi connectivity index (χ2n) is 7.56. The van der Waals surface area contributed by atoms with Crippen molar-refractivity contribution in [3.05, 3.63) is 39.8 Å². The summed E-state index contributed by atoms with van der Waals surface area (Å²) < 4.78 is 8.40. The molecule has 0 radical (unpaired) electrons. The lowest BCUT2D eigenvalue weighted by Gasteiger charge is -2.13. The fraction of sp³-hybridized carbons (Fsp3) is 0.524. The van der Waals surface area contributed by atoms with E-state index in [1.807, 2.05) is 39.0 Å². The van der Waals surface area contributed by atoms with Crippen molar-refractivity contribution in [2.24, 2.45) is 28.3 Å². The summed E-state index contributed by atoms with van der Waals surface area (Å²) in [5.74, 6) is 1.15. The summed E-state index contributed by atoms with van der Waals surface area (Å²) in [5.41, 5.74) is 3.65. The molecule has 0 N–H and O–H groups in total. The van der Waals surface area contributed by atoms with E-state index < -0.39 is 0 Å². The maximum atomic E-state index is 12.3. The lowest BCUT2D eigenvalue weighted by Crippen LogP contribution is -2.23. The quantitative estimate of drug-likeness (QED) is 0.347. The Kier molecular flexibility index (Phi) is 7.32. The first-order chi connectivity index (χ1) is 14.9. The van der Waals surface area contributed by atoms with Crippen LogP contribution in [-0.4, -0.2) is 44.2 Å². The minimum atomic E-state index is -0.322. The average molecular weight is 428 g/mol. The van der Waals surface area contributed by atoms with Gasteiger partial charge in [-0.3, -0.25) is 0 Å². The molecule has 1 aliphatic rings. The van der Waals surface area contributed by atoms with Gasteiger partial charge in [-0.2, -0.15) is 14.5 Å². The highest BCUT2D eigenvalue weighted by Crippen LogP contribution is 2.33. The van der Waals surface area contributed by atoms with Crippen LogP contribution >= 0.6 is 0 Å². The number of rotatable bonds is 9. The Morgan fingerprint density at radius 3 is 2.65 bits per heavy atom. The minimum absolute atomic E-state index is 0.230. The van der Waals surface area contributed by atoms with Gasteiger partial charge in [0.25, 0.3) is 0 Å². The number of hydrogen-bond acceptors (Lipinski definition) is 8. The lowest BCUT2D eigenvalue weighted by molar-refractivity contribution is 0.213. The van der Waals surface area contributed by atoms with Gasteiger partial charge in [-0.15, -0.1) is 5.10 Å². The Hall–Kier alpha value is -3.30. The van der Waals surface area contributed by atoms with Gasteiger partial charge in [-0.05, 0) is 61.1 Å². The molecule has 1 heterocycles. The highest BCUT2D eigenvalue weighted by atomic mass is 16.6. The van der Waals surface area contributed by atoms with E-state index in [9.17, 15) is 4.79 Å². The molecule has 0 unspecified atom stereocenters. The van der Waals surface area contributed by atoms with Gasteiger partial charge in [0.05, 0.1) is 11.4 Å². The van der Waals surface area contributed by atoms with Crippen LogP contribution in [0.3, 0.4) is 0 Å². The molecule has 1 aromatic carbocycles. The highest BCUT2D eigenvalue weighted by Gasteiger charge is 2.24. The molecule has 0 spiro atoms. The van der Waals surface area contributed by atoms with Gasteiger partial charge in [0, 0.05) is 19.0 Å². The molecule has 10 nitrogen and oxygen atoms in total. The van der Waals surface area contributed by atoms with Crippen molar-refractivity contribution in [2.45, 2.75) is 53.1 Å². The molecule has 3 rings (SSSR count). The van der Waals surface area contributed by atoms with Crippen LogP contribution in [-0.2, 0) is 23.2 Å². The van der Waals surface area contributed by atoms with Gasteiger partial charge < -0.3 is 9.57 Å². The van der Waals surface area contributed by atoms with Crippen molar-refractivity contribution in [3.63, 3.8) is 0 Å². The molecule has 0 atom stereocenters. The van der Waals surface area contributed by atoms with Crippen LogP contribution in [0.2, 0.25) is 0 Å². The zero-order valence-electron chi connectivity index (χ0n) is 18.7. The summed E-state index contributed by atoms with van der Waals surface area (Å²) in [6, 6.07) is 5.65. The van der Waals surface area contributed by atoms with Crippen molar-refractivity contribution >= 4 is 17.3 Å². The van der Waals surface area contributed by atoms with E-state index in [4.69, 9.17) is 9.57 Å². The summed E-state index contributed by atoms with van der Waals surface area (Å²) in [4.78, 5) is 17.3. The average Bonchev–Trinajstić information content (AvgIpc) is 3.52. The predicted molar refractivity (Wildman–Crippen MR) is 119 cm³/mol. The van der Waals surface area contributed by atoms with Crippen LogP contribution in [0.15, 0.2) is 38.4 Å². The summed E-state index contributed by atoms with van der Waals surface area (Å²) in [7, 11) is 3.09. The molecule has 0 amide bonds. The Labute approximate surface area is 181 Å². The number of nitrogens with zero attached hydrogens (tertiary/aromatic N) is 7. The first kappa shape index (κ1) is 22.4. The van der Waals surface area contributed by atoms with E-state index in [1.165, 1.54) is 29.3 Å². The molecule has 31 heavy (non-hydrogen) atoms. The van der Waals surface area contributed by atoms with E-state index in [0.29, 0.717) is 29.6 Å². The smallest absolute Gasteiger partial charge is 0.368 e. The molecular weight excluding hydrogens is 398 g/mol. The van der Waals surface area contributed by atoms with Crippen LogP contribution in [0, 0.1) is 12.8 Å². The van der Waals surface area contributed by atoms with Gasteiger partial charge in [-0.1, -0.05) is 24.2 Å². The number of tetrazole rings is 1. The molecule has 1 aromatic heterocycles. The third-order valence-corrected chi connectivity index (χ3v) is 5.13. The number of aromatic nitrogens is 4. The molecule has 1 saturated carbocycles. The third-order valence-electron chi connectivity index (χ3n) is 5.13. The maximum absolute atomic E-state index is 12.3. The largest absolute Gasteiger partial charge is 0.475 e. The van der Waals surface area contributed by atoms with Gasteiger partial charge in [0.15, 0.2) is 0 Å². The Morgan fingerprint density at radius 2 is 2.03 bits per heavy atom. The number of oxime groups is 1. The molecular formula is C21H29N7O3. The van der Waals surface area contributed by atoms with Crippen molar-refractivity contribution < 1.29 is 9.57 Å². The van der Waals surface area contributed by atoms with Crippen LogP contribution < -0.4 is 5.69 Å². The summed E-state index contributed by atoms with van der Waals surface area (Å²) >= 11 is 0. The maximum Gasteiger partial charge on any atom is 0.368 e. The molecule has 0 saturated heterocycles. The van der Waals surface area contributed by atoms with Crippen molar-refractivity contribution in [1.29, 1.82) is 0 Å². The molecule has 1 fully saturated rings. The SMILES string of the molecule is CC/C(=N/N=C(C)/C(CC1CC1)=N/OC)OCc1c(C)cccc1-n1nnn(C)c1=O. The Morgan fingerprint density at radius 1 is 1.26 bits per heavy atom. The first-order valence-electron chi connectivity index (χ1n) is 10.4. The molecule has 2 aromatic rings. The van der Waals surface area contributed by atoms with E-state index in [2.05, 4.69) is 25.8 Å². The van der Waals surface area contributed by atoms with Gasteiger partial charge >= 0.3 is 5.69 Å². The lowest BCUT2D eigenvalue weighted by atomic mass is 10.1. The van der Waals surface area contributed by atoms with Gasteiger partial charge in [0.2, 0.25) is 5.90 Å². The Bertz CT molecular complexity index is 1060. The van der Waals surface area contributed by atoms with Crippen molar-refractivity contribution in [3.8, 4) is 5.69 Å². The third kappa shape index (κ3) is 5.65. The van der Waals surface area contributed by atoms with Crippen molar-refractivity contribution in [1.82, 2.24) is 19.8 Å². The van der Waals surface area contributed by atoms with E-state index in [0.717, 1.165) is 23.3 Å². The normalized spacial score (nSPS) is 15.3. The fourth-order valence-corrected chi connectivity index (χ4v) is 3.04. The molecule has 166 valence electrons. The zero-order valence-corrected chi connectivity index (χ0v) is 18.7. The Balaban J connectivity index is 1.78. The van der Waals surface area contributed by atoms with Crippen LogP contribution in [0.5, 0.6) is 0 Å². The second-order valence-corrected chi connectivity index (χ2v) is 7.56. The molecule has 1 aliphatic carbocycles. The van der Waals surface area contributed by atoms with Crippen LogP contribution in [0.1, 0.15) is 50.7 Å². The van der Waals surface area contributed by atoms with E-state index in [-0.39, 0.29) is 12.3 Å². The summed E-state index contributed by atoms with van der Waals surface area (Å²) in [6.45, 7) is 6.01. The predicted octanol–water partition coefficient (Wildman–Crippen LogP) is 2.78. The topological polar surface area (TPSA) is 108 Å². The minimum Gasteiger partial charge on any atom is -0.475 e. The van der Waals surface area contributed by atoms with E-state index >= 15 is 0 Å². The highest BCUT2D eigenvalue weighted by molar-refractivity contribution is 6.41. The molecule has 10 heteroatoms. The fourth-order valence-electron chi connectivity index (χ4n) is 3.04. The standard InChI is InChI=1S/C21H29N7O3/c1-6-20(23-22-15(3)18(24-30-5)12-16-10-11-16)31-13-17-14(2)8-7-9-19(17)28-21(29)27(4)25-26-28/h7-9,16H,6,10-13H2,1-5H3/b22-15+,23-20-,24-18+. The number of benzene rings is 1. The summed E-state index contributed by atoms with van der Waals surface area (Å²) in [5, 5.41) is 20.4. The van der Waals surface area contributed by atoms with Gasteiger partial charge in [0.1, 0.15) is 19.4 Å². The number of ether oxygens (including phenoxy) is 1. The van der Waals surface area contributed by atoms with Crippen LogP contribution in [0.25, 0.3) is 5.69 Å². The monoisotopic (exact) mass is 427 g/mol. The zero-order chi connectivity index (χ0) is 22.4. The number of aryl methyl sites for hydroxylation is 2. The van der Waals surface area contributed by atoms with E-state index in [1.54, 1.807) is 7.05 Å². The van der Waals surface area contributed by atoms with Crippen LogP contribution in [0.4, 0.5) is 0 Å². The summed E-state index contributed by atoms with van der Waals surface area (Å²) in [6.07, 6.45) is 3.86. The van der Waals surface area contributed by atoms with Gasteiger partial charge in [-0.25, -0.2) is 4.79 Å².